The highest BCUT2D eigenvalue weighted by atomic mass is 16.5. The van der Waals surface area contributed by atoms with Crippen molar-refractivity contribution in [3.8, 4) is 5.88 Å². The molecule has 0 amide bonds. The molecule has 0 aliphatic rings. The summed E-state index contributed by atoms with van der Waals surface area (Å²) >= 11 is 0. The molecule has 0 aliphatic heterocycles. The summed E-state index contributed by atoms with van der Waals surface area (Å²) in [5.74, 6) is 1.04. The molecule has 0 bridgehead atoms. The van der Waals surface area contributed by atoms with Crippen molar-refractivity contribution in [2.75, 3.05) is 17.7 Å². The van der Waals surface area contributed by atoms with Gasteiger partial charge < -0.3 is 15.8 Å². The number of hydrogen-bond acceptors (Lipinski definition) is 5. The molecule has 1 aromatic heterocycles. The Morgan fingerprint density at radius 3 is 2.60 bits per heavy atom. The zero-order valence-electron chi connectivity index (χ0n) is 9.66. The Hall–Kier alpha value is -1.52. The zero-order chi connectivity index (χ0) is 11.5. The molecule has 5 heteroatoms. The van der Waals surface area contributed by atoms with Crippen LogP contribution in [0.3, 0.4) is 0 Å². The molecule has 1 heterocycles. The van der Waals surface area contributed by atoms with Crippen molar-refractivity contribution in [3.05, 3.63) is 6.33 Å². The molecule has 0 fully saturated rings. The Labute approximate surface area is 90.1 Å². The first-order chi connectivity index (χ1) is 6.94. The number of nitrogens with one attached hydrogen (secondary N) is 1. The summed E-state index contributed by atoms with van der Waals surface area (Å²) in [6, 6.07) is 0. The second kappa shape index (κ2) is 4.33. The maximum atomic E-state index is 5.86. The fourth-order valence-electron chi connectivity index (χ4n) is 1.09. The highest BCUT2D eigenvalue weighted by molar-refractivity contribution is 5.67. The maximum absolute atomic E-state index is 5.86. The van der Waals surface area contributed by atoms with Crippen molar-refractivity contribution in [1.82, 2.24) is 9.97 Å². The van der Waals surface area contributed by atoms with E-state index in [1.807, 2.05) is 27.7 Å². The fourth-order valence-corrected chi connectivity index (χ4v) is 1.09. The molecule has 0 radical (unpaired) electrons. The van der Waals surface area contributed by atoms with E-state index in [1.165, 1.54) is 6.33 Å². The van der Waals surface area contributed by atoms with Gasteiger partial charge in [-0.15, -0.1) is 0 Å². The molecule has 0 aromatic carbocycles. The van der Waals surface area contributed by atoms with Gasteiger partial charge >= 0.3 is 0 Å². The topological polar surface area (TPSA) is 73.1 Å². The van der Waals surface area contributed by atoms with Crippen molar-refractivity contribution in [3.63, 3.8) is 0 Å². The zero-order valence-corrected chi connectivity index (χ0v) is 9.66. The highest BCUT2D eigenvalue weighted by Crippen LogP contribution is 2.26. The molecule has 0 atom stereocenters. The van der Waals surface area contributed by atoms with Crippen LogP contribution in [0.15, 0.2) is 6.33 Å². The molecule has 84 valence electrons. The first-order valence-electron chi connectivity index (χ1n) is 4.95. The average molecular weight is 210 g/mol. The smallest absolute Gasteiger partial charge is 0.242 e. The summed E-state index contributed by atoms with van der Waals surface area (Å²) in [4.78, 5) is 8.04. The van der Waals surface area contributed by atoms with E-state index >= 15 is 0 Å². The molecular weight excluding hydrogens is 192 g/mol. The fraction of sp³-hybridized carbons (Fsp3) is 0.600. The molecule has 0 spiro atoms. The quantitative estimate of drug-likeness (QED) is 0.793. The second-order valence-electron chi connectivity index (χ2n) is 4.25. The minimum atomic E-state index is -0.0913. The number of aromatic nitrogens is 2. The Kier molecular flexibility index (Phi) is 3.34. The van der Waals surface area contributed by atoms with Crippen molar-refractivity contribution >= 4 is 11.5 Å². The van der Waals surface area contributed by atoms with Crippen molar-refractivity contribution in [2.45, 2.75) is 33.2 Å². The van der Waals surface area contributed by atoms with Crippen LogP contribution in [0.2, 0.25) is 0 Å². The van der Waals surface area contributed by atoms with Crippen LogP contribution in [0.4, 0.5) is 11.5 Å². The van der Waals surface area contributed by atoms with Gasteiger partial charge in [0, 0.05) is 5.54 Å². The molecule has 15 heavy (non-hydrogen) atoms. The predicted molar refractivity (Wildman–Crippen MR) is 61.0 cm³/mol. The lowest BCUT2D eigenvalue weighted by molar-refractivity contribution is 0.328. The normalized spacial score (nSPS) is 11.2. The van der Waals surface area contributed by atoms with E-state index in [-0.39, 0.29) is 5.54 Å². The van der Waals surface area contributed by atoms with Gasteiger partial charge in [-0.3, -0.25) is 0 Å². The number of anilines is 2. The second-order valence-corrected chi connectivity index (χ2v) is 4.25. The van der Waals surface area contributed by atoms with Crippen LogP contribution >= 0.6 is 0 Å². The Morgan fingerprint density at radius 1 is 1.40 bits per heavy atom. The lowest BCUT2D eigenvalue weighted by atomic mass is 10.1. The average Bonchev–Trinajstić information content (AvgIpc) is 2.10. The third-order valence-electron chi connectivity index (χ3n) is 1.62. The number of nitrogens with zero attached hydrogens (tertiary/aromatic N) is 2. The molecular formula is C10H18N4O. The van der Waals surface area contributed by atoms with Crippen molar-refractivity contribution in [1.29, 1.82) is 0 Å². The van der Waals surface area contributed by atoms with Crippen molar-refractivity contribution < 1.29 is 4.74 Å². The Bertz CT molecular complexity index is 333. The van der Waals surface area contributed by atoms with E-state index in [2.05, 4.69) is 15.3 Å². The van der Waals surface area contributed by atoms with E-state index in [0.29, 0.717) is 24.0 Å². The summed E-state index contributed by atoms with van der Waals surface area (Å²) in [5.41, 5.74) is 6.23. The van der Waals surface area contributed by atoms with Crippen LogP contribution in [0.25, 0.3) is 0 Å². The van der Waals surface area contributed by atoms with Gasteiger partial charge in [0.05, 0.1) is 6.61 Å². The van der Waals surface area contributed by atoms with Crippen LogP contribution in [-0.2, 0) is 0 Å². The molecule has 0 aliphatic carbocycles. The molecule has 0 saturated heterocycles. The number of rotatable bonds is 3. The van der Waals surface area contributed by atoms with Gasteiger partial charge in [-0.05, 0) is 27.7 Å². The summed E-state index contributed by atoms with van der Waals surface area (Å²) in [6.07, 6.45) is 1.44. The van der Waals surface area contributed by atoms with E-state index < -0.39 is 0 Å². The van der Waals surface area contributed by atoms with Gasteiger partial charge in [0.15, 0.2) is 5.82 Å². The van der Waals surface area contributed by atoms with E-state index in [9.17, 15) is 0 Å². The van der Waals surface area contributed by atoms with Gasteiger partial charge in [-0.1, -0.05) is 0 Å². The van der Waals surface area contributed by atoms with Crippen LogP contribution in [0.5, 0.6) is 5.88 Å². The summed E-state index contributed by atoms with van der Waals surface area (Å²) in [5, 5.41) is 3.19. The summed E-state index contributed by atoms with van der Waals surface area (Å²) in [6.45, 7) is 8.53. The molecule has 3 N–H and O–H groups in total. The van der Waals surface area contributed by atoms with Crippen LogP contribution in [0.1, 0.15) is 27.7 Å². The van der Waals surface area contributed by atoms with Crippen LogP contribution in [-0.4, -0.2) is 22.1 Å². The van der Waals surface area contributed by atoms with E-state index in [1.54, 1.807) is 0 Å². The Morgan fingerprint density at radius 2 is 2.07 bits per heavy atom. The SMILES string of the molecule is CCOc1ncnc(NC(C)(C)C)c1N. The summed E-state index contributed by atoms with van der Waals surface area (Å²) < 4.78 is 5.28. The largest absolute Gasteiger partial charge is 0.476 e. The van der Waals surface area contributed by atoms with E-state index in [0.717, 1.165) is 0 Å². The maximum Gasteiger partial charge on any atom is 0.242 e. The Balaban J connectivity index is 2.94. The third kappa shape index (κ3) is 3.27. The summed E-state index contributed by atoms with van der Waals surface area (Å²) in [7, 11) is 0. The minimum absolute atomic E-state index is 0.0913. The van der Waals surface area contributed by atoms with E-state index in [4.69, 9.17) is 10.5 Å². The number of nitrogen functional groups attached to an aromatic ring is 1. The molecule has 5 nitrogen and oxygen atoms in total. The minimum Gasteiger partial charge on any atom is -0.476 e. The highest BCUT2D eigenvalue weighted by Gasteiger charge is 2.15. The van der Waals surface area contributed by atoms with Gasteiger partial charge in [-0.2, -0.15) is 4.98 Å². The van der Waals surface area contributed by atoms with Crippen LogP contribution in [0, 0.1) is 0 Å². The van der Waals surface area contributed by atoms with Gasteiger partial charge in [0.1, 0.15) is 12.0 Å². The molecule has 0 saturated carbocycles. The first-order valence-corrected chi connectivity index (χ1v) is 4.95. The predicted octanol–water partition coefficient (Wildman–Crippen LogP) is 1.67. The van der Waals surface area contributed by atoms with Crippen molar-refractivity contribution in [2.24, 2.45) is 0 Å². The van der Waals surface area contributed by atoms with Gasteiger partial charge in [0.2, 0.25) is 5.88 Å². The lowest BCUT2D eigenvalue weighted by Crippen LogP contribution is -2.27. The monoisotopic (exact) mass is 210 g/mol. The molecule has 1 aromatic rings. The molecule has 1 rings (SSSR count). The number of ether oxygens (including phenoxy) is 1. The lowest BCUT2D eigenvalue weighted by Gasteiger charge is -2.22. The van der Waals surface area contributed by atoms with Gasteiger partial charge in [-0.25, -0.2) is 4.98 Å². The van der Waals surface area contributed by atoms with Crippen LogP contribution < -0.4 is 15.8 Å². The molecule has 0 unspecified atom stereocenters. The third-order valence-corrected chi connectivity index (χ3v) is 1.62. The number of hydrogen-bond donors (Lipinski definition) is 2. The number of nitrogens with two attached hydrogens (primary N) is 1. The standard InChI is InChI=1S/C10H18N4O/c1-5-15-9-7(11)8(12-6-13-9)14-10(2,3)4/h6H,5,11H2,1-4H3,(H,12,13,14). The first kappa shape index (κ1) is 11.6. The van der Waals surface area contributed by atoms with Gasteiger partial charge in [0.25, 0.3) is 0 Å².